The average Bonchev–Trinajstić information content (AvgIpc) is 2.78. The summed E-state index contributed by atoms with van der Waals surface area (Å²) < 4.78 is 5.18. The maximum atomic E-state index is 5.18. The molecule has 2 rings (SSSR count). The minimum atomic E-state index is 0.623. The van der Waals surface area contributed by atoms with Crippen LogP contribution in [0.25, 0.3) is 0 Å². The van der Waals surface area contributed by atoms with E-state index in [1.54, 1.807) is 13.3 Å². The molecule has 1 aromatic rings. The highest BCUT2D eigenvalue weighted by atomic mass is 16.5. The fourth-order valence-corrected chi connectivity index (χ4v) is 2.06. The number of hydrogen-bond acceptors (Lipinski definition) is 5. The Hall–Kier alpha value is -1.36. The number of nitrogens with zero attached hydrogens (tertiary/aromatic N) is 3. The van der Waals surface area contributed by atoms with Gasteiger partial charge in [-0.2, -0.15) is 4.98 Å². The lowest BCUT2D eigenvalue weighted by molar-refractivity contribution is 0.161. The normalized spacial score (nSPS) is 20.1. The van der Waals surface area contributed by atoms with Gasteiger partial charge in [-0.05, 0) is 12.5 Å². The van der Waals surface area contributed by atoms with Gasteiger partial charge < -0.3 is 15.0 Å². The highest BCUT2D eigenvalue weighted by Gasteiger charge is 2.23. The second-order valence-corrected chi connectivity index (χ2v) is 4.04. The predicted octanol–water partition coefficient (Wildman–Crippen LogP) is 0.991. The summed E-state index contributed by atoms with van der Waals surface area (Å²) in [5.74, 6) is 2.30. The van der Waals surface area contributed by atoms with Crippen LogP contribution in [-0.2, 0) is 4.74 Å². The molecular weight excluding hydrogens is 204 g/mol. The van der Waals surface area contributed by atoms with Crippen LogP contribution in [0.3, 0.4) is 0 Å². The van der Waals surface area contributed by atoms with Crippen molar-refractivity contribution in [1.29, 1.82) is 0 Å². The van der Waals surface area contributed by atoms with Crippen LogP contribution in [0.4, 0.5) is 11.8 Å². The van der Waals surface area contributed by atoms with E-state index in [1.165, 1.54) is 6.42 Å². The molecule has 2 heterocycles. The van der Waals surface area contributed by atoms with E-state index in [-0.39, 0.29) is 0 Å². The molecule has 1 aromatic heterocycles. The first-order chi connectivity index (χ1) is 7.83. The Bertz CT molecular complexity index is 345. The molecule has 16 heavy (non-hydrogen) atoms. The number of methoxy groups -OCH3 is 1. The van der Waals surface area contributed by atoms with Crippen LogP contribution < -0.4 is 10.2 Å². The van der Waals surface area contributed by atoms with Crippen molar-refractivity contribution in [3.63, 3.8) is 0 Å². The van der Waals surface area contributed by atoms with Crippen LogP contribution in [0.2, 0.25) is 0 Å². The van der Waals surface area contributed by atoms with Gasteiger partial charge in [0, 0.05) is 39.4 Å². The van der Waals surface area contributed by atoms with Crippen molar-refractivity contribution in [3.05, 3.63) is 12.3 Å². The molecule has 1 aliphatic heterocycles. The van der Waals surface area contributed by atoms with E-state index in [0.29, 0.717) is 11.9 Å². The van der Waals surface area contributed by atoms with Crippen LogP contribution in [0.15, 0.2) is 12.3 Å². The highest BCUT2D eigenvalue weighted by Crippen LogP contribution is 2.22. The molecule has 1 fully saturated rings. The number of anilines is 2. The largest absolute Gasteiger partial charge is 0.384 e. The van der Waals surface area contributed by atoms with E-state index in [1.807, 2.05) is 13.1 Å². The van der Waals surface area contributed by atoms with Crippen LogP contribution in [0, 0.1) is 5.92 Å². The molecule has 1 N–H and O–H groups in total. The first-order valence-electron chi connectivity index (χ1n) is 5.58. The molecule has 0 spiro atoms. The van der Waals surface area contributed by atoms with Crippen molar-refractivity contribution in [3.8, 4) is 0 Å². The van der Waals surface area contributed by atoms with Gasteiger partial charge in [-0.3, -0.25) is 0 Å². The molecular formula is C11H18N4O. The van der Waals surface area contributed by atoms with Gasteiger partial charge in [-0.1, -0.05) is 0 Å². The van der Waals surface area contributed by atoms with Gasteiger partial charge in [-0.15, -0.1) is 0 Å². The lowest BCUT2D eigenvalue weighted by Gasteiger charge is -2.17. The van der Waals surface area contributed by atoms with Crippen molar-refractivity contribution in [2.24, 2.45) is 5.92 Å². The summed E-state index contributed by atoms with van der Waals surface area (Å²) in [6.07, 6.45) is 2.96. The summed E-state index contributed by atoms with van der Waals surface area (Å²) in [6.45, 7) is 2.91. The lowest BCUT2D eigenvalue weighted by atomic mass is 10.1. The van der Waals surface area contributed by atoms with Gasteiger partial charge in [-0.25, -0.2) is 4.98 Å². The molecule has 0 amide bonds. The molecule has 0 bridgehead atoms. The zero-order valence-electron chi connectivity index (χ0n) is 9.81. The molecule has 5 heteroatoms. The Morgan fingerprint density at radius 1 is 1.62 bits per heavy atom. The summed E-state index contributed by atoms with van der Waals surface area (Å²) in [4.78, 5) is 10.8. The van der Waals surface area contributed by atoms with Crippen molar-refractivity contribution >= 4 is 11.8 Å². The Labute approximate surface area is 95.8 Å². The summed E-state index contributed by atoms with van der Waals surface area (Å²) in [7, 11) is 3.59. The highest BCUT2D eigenvalue weighted by molar-refractivity contribution is 5.43. The van der Waals surface area contributed by atoms with Crippen molar-refractivity contribution in [2.45, 2.75) is 6.42 Å². The first kappa shape index (κ1) is 11.1. The van der Waals surface area contributed by atoms with Crippen LogP contribution in [0.1, 0.15) is 6.42 Å². The minimum Gasteiger partial charge on any atom is -0.384 e. The monoisotopic (exact) mass is 222 g/mol. The van der Waals surface area contributed by atoms with Gasteiger partial charge in [0.1, 0.15) is 5.82 Å². The summed E-state index contributed by atoms with van der Waals surface area (Å²) in [6, 6.07) is 1.95. The Kier molecular flexibility index (Phi) is 3.56. The molecule has 88 valence electrons. The summed E-state index contributed by atoms with van der Waals surface area (Å²) in [5, 5.41) is 2.95. The zero-order chi connectivity index (χ0) is 11.4. The van der Waals surface area contributed by atoms with Gasteiger partial charge in [0.25, 0.3) is 0 Å². The molecule has 0 aliphatic carbocycles. The number of aromatic nitrogens is 2. The predicted molar refractivity (Wildman–Crippen MR) is 63.8 cm³/mol. The van der Waals surface area contributed by atoms with Gasteiger partial charge in [0.05, 0.1) is 6.61 Å². The quantitative estimate of drug-likeness (QED) is 0.823. The third kappa shape index (κ3) is 2.41. The van der Waals surface area contributed by atoms with Crippen molar-refractivity contribution < 1.29 is 4.74 Å². The Morgan fingerprint density at radius 2 is 2.50 bits per heavy atom. The van der Waals surface area contributed by atoms with Crippen molar-refractivity contribution in [1.82, 2.24) is 9.97 Å². The molecule has 0 saturated carbocycles. The zero-order valence-corrected chi connectivity index (χ0v) is 9.81. The maximum Gasteiger partial charge on any atom is 0.224 e. The third-order valence-corrected chi connectivity index (χ3v) is 2.88. The summed E-state index contributed by atoms with van der Waals surface area (Å²) in [5.41, 5.74) is 0. The smallest absolute Gasteiger partial charge is 0.224 e. The SMILES string of the molecule is CNc1nccc(N2CCC(COC)C2)n1. The van der Waals surface area contributed by atoms with E-state index in [9.17, 15) is 0 Å². The lowest BCUT2D eigenvalue weighted by Crippen LogP contribution is -2.22. The fourth-order valence-electron chi connectivity index (χ4n) is 2.06. The standard InChI is InChI=1S/C11H18N4O/c1-12-11-13-5-3-10(14-11)15-6-4-9(7-15)8-16-2/h3,5,9H,4,6-8H2,1-2H3,(H,12,13,14). The second-order valence-electron chi connectivity index (χ2n) is 4.04. The summed E-state index contributed by atoms with van der Waals surface area (Å²) >= 11 is 0. The number of ether oxygens (including phenoxy) is 1. The molecule has 1 aliphatic rings. The molecule has 1 atom stereocenters. The van der Waals surface area contributed by atoms with Crippen LogP contribution in [0.5, 0.6) is 0 Å². The van der Waals surface area contributed by atoms with Gasteiger partial charge in [0.15, 0.2) is 0 Å². The van der Waals surface area contributed by atoms with Gasteiger partial charge >= 0.3 is 0 Å². The maximum absolute atomic E-state index is 5.18. The Balaban J connectivity index is 2.02. The number of hydrogen-bond donors (Lipinski definition) is 1. The van der Waals surface area contributed by atoms with Crippen LogP contribution in [-0.4, -0.2) is 43.8 Å². The molecule has 1 saturated heterocycles. The second kappa shape index (κ2) is 5.12. The number of rotatable bonds is 4. The van der Waals surface area contributed by atoms with Crippen molar-refractivity contribution in [2.75, 3.05) is 44.1 Å². The minimum absolute atomic E-state index is 0.623. The van der Waals surface area contributed by atoms with E-state index in [0.717, 1.165) is 25.5 Å². The Morgan fingerprint density at radius 3 is 3.25 bits per heavy atom. The van der Waals surface area contributed by atoms with Crippen LogP contribution >= 0.6 is 0 Å². The van der Waals surface area contributed by atoms with E-state index >= 15 is 0 Å². The molecule has 0 radical (unpaired) electrons. The third-order valence-electron chi connectivity index (χ3n) is 2.88. The first-order valence-corrected chi connectivity index (χ1v) is 5.58. The molecule has 5 nitrogen and oxygen atoms in total. The van der Waals surface area contributed by atoms with E-state index in [2.05, 4.69) is 20.2 Å². The fraction of sp³-hybridized carbons (Fsp3) is 0.636. The topological polar surface area (TPSA) is 50.3 Å². The molecule has 0 aromatic carbocycles. The van der Waals surface area contributed by atoms with E-state index in [4.69, 9.17) is 4.74 Å². The molecule has 1 unspecified atom stereocenters. The van der Waals surface area contributed by atoms with Gasteiger partial charge in [0.2, 0.25) is 5.95 Å². The van der Waals surface area contributed by atoms with E-state index < -0.39 is 0 Å². The average molecular weight is 222 g/mol. The number of nitrogens with one attached hydrogen (secondary N) is 1.